The van der Waals surface area contributed by atoms with Crippen molar-refractivity contribution >= 4 is 5.91 Å². The molecule has 0 unspecified atom stereocenters. The van der Waals surface area contributed by atoms with Crippen molar-refractivity contribution < 1.29 is 9.90 Å². The Balaban J connectivity index is 2.33. The number of rotatable bonds is 3. The number of hydrogen-bond donors (Lipinski definition) is 1. The quantitative estimate of drug-likeness (QED) is 0.648. The van der Waals surface area contributed by atoms with Gasteiger partial charge in [0.1, 0.15) is 0 Å². The fraction of sp³-hybridized carbons (Fsp3) is 0.889. The Morgan fingerprint density at radius 2 is 2.23 bits per heavy atom. The zero-order chi connectivity index (χ0) is 9.84. The number of nitrogens with zero attached hydrogens (tertiary/aromatic N) is 2. The first-order chi connectivity index (χ1) is 6.13. The third-order valence-electron chi connectivity index (χ3n) is 2.48. The van der Waals surface area contributed by atoms with Gasteiger partial charge in [-0.1, -0.05) is 6.92 Å². The van der Waals surface area contributed by atoms with E-state index in [1.807, 2.05) is 18.9 Å². The highest BCUT2D eigenvalue weighted by Crippen LogP contribution is 2.03. The van der Waals surface area contributed by atoms with Gasteiger partial charge in [0.15, 0.2) is 0 Å². The van der Waals surface area contributed by atoms with Gasteiger partial charge in [0.25, 0.3) is 0 Å². The van der Waals surface area contributed by atoms with E-state index in [1.54, 1.807) is 4.90 Å². The summed E-state index contributed by atoms with van der Waals surface area (Å²) < 4.78 is 0. The lowest BCUT2D eigenvalue weighted by Crippen LogP contribution is -2.50. The zero-order valence-corrected chi connectivity index (χ0v) is 8.36. The minimum absolute atomic E-state index is 0.148. The number of piperazine rings is 1. The topological polar surface area (TPSA) is 43.8 Å². The molecule has 4 nitrogen and oxygen atoms in total. The van der Waals surface area contributed by atoms with Gasteiger partial charge in [-0.2, -0.15) is 0 Å². The molecule has 0 aliphatic carbocycles. The molecule has 1 aliphatic rings. The number of amides is 1. The molecule has 1 aliphatic heterocycles. The van der Waals surface area contributed by atoms with Crippen LogP contribution in [0.15, 0.2) is 0 Å². The Morgan fingerprint density at radius 1 is 1.54 bits per heavy atom. The van der Waals surface area contributed by atoms with Crippen LogP contribution < -0.4 is 0 Å². The first-order valence-electron chi connectivity index (χ1n) is 4.78. The molecule has 0 bridgehead atoms. The summed E-state index contributed by atoms with van der Waals surface area (Å²) in [6.07, 6.45) is 0.455. The molecule has 1 amide bonds. The molecule has 1 atom stereocenters. The average Bonchev–Trinajstić information content (AvgIpc) is 2.11. The van der Waals surface area contributed by atoms with Crippen LogP contribution in [0.2, 0.25) is 0 Å². The van der Waals surface area contributed by atoms with E-state index in [-0.39, 0.29) is 12.0 Å². The van der Waals surface area contributed by atoms with E-state index in [9.17, 15) is 9.90 Å². The van der Waals surface area contributed by atoms with Gasteiger partial charge in [-0.3, -0.25) is 9.69 Å². The maximum Gasteiger partial charge on any atom is 0.236 e. The van der Waals surface area contributed by atoms with Crippen molar-refractivity contribution in [1.82, 2.24) is 9.80 Å². The van der Waals surface area contributed by atoms with Crippen molar-refractivity contribution in [3.05, 3.63) is 0 Å². The SMILES string of the molecule is CC[C@H](O)CN1CCN(C)C(=O)C1. The summed E-state index contributed by atoms with van der Waals surface area (Å²) in [6, 6.07) is 0. The standard InChI is InChI=1S/C9H18N2O2/c1-3-8(12)6-11-5-4-10(2)9(13)7-11/h8,12H,3-7H2,1-2H3/t8-/m0/s1. The summed E-state index contributed by atoms with van der Waals surface area (Å²) in [7, 11) is 1.82. The monoisotopic (exact) mass is 186 g/mol. The average molecular weight is 186 g/mol. The number of β-amino-alcohol motifs (C(OH)–C–C–N with tert-alkyl or cyclic N) is 1. The summed E-state index contributed by atoms with van der Waals surface area (Å²) in [4.78, 5) is 15.0. The molecule has 0 aromatic heterocycles. The molecular formula is C9H18N2O2. The van der Waals surface area contributed by atoms with Crippen molar-refractivity contribution in [1.29, 1.82) is 0 Å². The maximum absolute atomic E-state index is 11.3. The van der Waals surface area contributed by atoms with Gasteiger partial charge in [0.05, 0.1) is 12.6 Å². The Bertz CT molecular complexity index is 184. The maximum atomic E-state index is 11.3. The molecule has 4 heteroatoms. The van der Waals surface area contributed by atoms with Gasteiger partial charge in [-0.05, 0) is 6.42 Å². The van der Waals surface area contributed by atoms with Gasteiger partial charge < -0.3 is 10.0 Å². The number of carbonyl (C=O) groups is 1. The number of carbonyl (C=O) groups excluding carboxylic acids is 1. The fourth-order valence-corrected chi connectivity index (χ4v) is 1.39. The van der Waals surface area contributed by atoms with Crippen LogP contribution in [0, 0.1) is 0 Å². The van der Waals surface area contributed by atoms with Gasteiger partial charge in [0.2, 0.25) is 5.91 Å². The summed E-state index contributed by atoms with van der Waals surface area (Å²) >= 11 is 0. The molecule has 1 N–H and O–H groups in total. The summed E-state index contributed by atoms with van der Waals surface area (Å²) in [5, 5.41) is 9.40. The normalized spacial score (nSPS) is 22.1. The lowest BCUT2D eigenvalue weighted by atomic mass is 10.2. The van der Waals surface area contributed by atoms with Gasteiger partial charge in [0, 0.05) is 26.7 Å². The summed E-state index contributed by atoms with van der Waals surface area (Å²) in [5.74, 6) is 0.148. The van der Waals surface area contributed by atoms with Crippen molar-refractivity contribution in [3.63, 3.8) is 0 Å². The van der Waals surface area contributed by atoms with Crippen LogP contribution in [0.5, 0.6) is 0 Å². The highest BCUT2D eigenvalue weighted by Gasteiger charge is 2.21. The van der Waals surface area contributed by atoms with Crippen molar-refractivity contribution in [3.8, 4) is 0 Å². The number of aliphatic hydroxyl groups is 1. The molecule has 0 spiro atoms. The molecule has 0 aromatic rings. The Labute approximate surface area is 79.1 Å². The second-order valence-corrected chi connectivity index (χ2v) is 3.61. The Hall–Kier alpha value is -0.610. The van der Waals surface area contributed by atoms with Crippen LogP contribution >= 0.6 is 0 Å². The van der Waals surface area contributed by atoms with Crippen LogP contribution in [0.25, 0.3) is 0 Å². The third-order valence-corrected chi connectivity index (χ3v) is 2.48. The zero-order valence-electron chi connectivity index (χ0n) is 8.36. The van der Waals surface area contributed by atoms with Crippen LogP contribution in [0.3, 0.4) is 0 Å². The van der Waals surface area contributed by atoms with E-state index in [0.717, 1.165) is 19.5 Å². The van der Waals surface area contributed by atoms with E-state index >= 15 is 0 Å². The molecule has 1 heterocycles. The minimum Gasteiger partial charge on any atom is -0.392 e. The van der Waals surface area contributed by atoms with E-state index in [2.05, 4.69) is 0 Å². The highest BCUT2D eigenvalue weighted by molar-refractivity contribution is 5.78. The van der Waals surface area contributed by atoms with E-state index < -0.39 is 0 Å². The minimum atomic E-state index is -0.295. The lowest BCUT2D eigenvalue weighted by molar-refractivity contribution is -0.134. The Kier molecular flexibility index (Phi) is 3.69. The summed E-state index contributed by atoms with van der Waals surface area (Å²) in [6.45, 7) is 4.67. The predicted octanol–water partition coefficient (Wildman–Crippen LogP) is -0.469. The molecular weight excluding hydrogens is 168 g/mol. The van der Waals surface area contributed by atoms with Crippen LogP contribution in [-0.4, -0.2) is 60.1 Å². The first-order valence-corrected chi connectivity index (χ1v) is 4.78. The highest BCUT2D eigenvalue weighted by atomic mass is 16.3. The molecule has 13 heavy (non-hydrogen) atoms. The molecule has 76 valence electrons. The lowest BCUT2D eigenvalue weighted by Gasteiger charge is -2.32. The van der Waals surface area contributed by atoms with Gasteiger partial charge >= 0.3 is 0 Å². The van der Waals surface area contributed by atoms with Crippen LogP contribution in [-0.2, 0) is 4.79 Å². The third kappa shape index (κ3) is 2.97. The van der Waals surface area contributed by atoms with Crippen molar-refractivity contribution in [2.45, 2.75) is 19.4 Å². The molecule has 1 rings (SSSR count). The number of likely N-dealkylation sites (N-methyl/N-ethyl adjacent to an activating group) is 1. The van der Waals surface area contributed by atoms with E-state index in [1.165, 1.54) is 0 Å². The number of hydrogen-bond acceptors (Lipinski definition) is 3. The summed E-state index contributed by atoms with van der Waals surface area (Å²) in [5.41, 5.74) is 0. The van der Waals surface area contributed by atoms with E-state index in [0.29, 0.717) is 13.1 Å². The van der Waals surface area contributed by atoms with Crippen molar-refractivity contribution in [2.24, 2.45) is 0 Å². The molecule has 0 radical (unpaired) electrons. The van der Waals surface area contributed by atoms with E-state index in [4.69, 9.17) is 0 Å². The molecule has 1 saturated heterocycles. The Morgan fingerprint density at radius 3 is 2.77 bits per heavy atom. The van der Waals surface area contributed by atoms with Crippen LogP contribution in [0.1, 0.15) is 13.3 Å². The number of aliphatic hydroxyl groups excluding tert-OH is 1. The second kappa shape index (κ2) is 4.58. The first kappa shape index (κ1) is 10.5. The van der Waals surface area contributed by atoms with Gasteiger partial charge in [-0.25, -0.2) is 0 Å². The molecule has 0 saturated carbocycles. The molecule has 1 fully saturated rings. The second-order valence-electron chi connectivity index (χ2n) is 3.61. The van der Waals surface area contributed by atoms with Gasteiger partial charge in [-0.15, -0.1) is 0 Å². The van der Waals surface area contributed by atoms with Crippen molar-refractivity contribution in [2.75, 3.05) is 33.2 Å². The smallest absolute Gasteiger partial charge is 0.236 e. The van der Waals surface area contributed by atoms with Crippen LogP contribution in [0.4, 0.5) is 0 Å². The fourth-order valence-electron chi connectivity index (χ4n) is 1.39. The predicted molar refractivity (Wildman–Crippen MR) is 50.4 cm³/mol. The molecule has 0 aromatic carbocycles. The largest absolute Gasteiger partial charge is 0.392 e.